The van der Waals surface area contributed by atoms with E-state index in [1.165, 1.54) is 17.7 Å². The van der Waals surface area contributed by atoms with Crippen molar-refractivity contribution < 1.29 is 13.9 Å². The first-order chi connectivity index (χ1) is 16.7. The molecule has 0 radical (unpaired) electrons. The van der Waals surface area contributed by atoms with Gasteiger partial charge in [0.2, 0.25) is 5.91 Å². The van der Waals surface area contributed by atoms with Crippen molar-refractivity contribution >= 4 is 16.8 Å². The molecular weight excluding hydrogens is 441 g/mol. The number of nitrogens with zero attached hydrogens (tertiary/aromatic N) is 2. The molecule has 0 saturated carbocycles. The first-order valence-electron chi connectivity index (χ1n) is 12.0. The zero-order valence-electron chi connectivity index (χ0n) is 20.9. The van der Waals surface area contributed by atoms with Gasteiger partial charge in [-0.2, -0.15) is 5.10 Å². The van der Waals surface area contributed by atoms with Gasteiger partial charge in [0.1, 0.15) is 17.7 Å². The molecule has 1 N–H and O–H groups in total. The number of ether oxygens (including phenoxy) is 1. The van der Waals surface area contributed by atoms with Crippen molar-refractivity contribution in [3.63, 3.8) is 0 Å². The van der Waals surface area contributed by atoms with Gasteiger partial charge < -0.3 is 10.1 Å². The van der Waals surface area contributed by atoms with Crippen LogP contribution in [0.2, 0.25) is 0 Å². The van der Waals surface area contributed by atoms with E-state index in [1.807, 2.05) is 45.9 Å². The maximum absolute atomic E-state index is 13.3. The highest BCUT2D eigenvalue weighted by Crippen LogP contribution is 2.30. The highest BCUT2D eigenvalue weighted by atomic mass is 19.1. The Labute approximate surface area is 205 Å². The van der Waals surface area contributed by atoms with Crippen LogP contribution in [0.3, 0.4) is 0 Å². The topological polar surface area (TPSA) is 56.1 Å². The zero-order valence-corrected chi connectivity index (χ0v) is 20.9. The van der Waals surface area contributed by atoms with Crippen LogP contribution in [0.4, 0.5) is 4.39 Å². The second-order valence-corrected chi connectivity index (χ2v) is 9.90. The fraction of sp³-hybridized carbons (Fsp3) is 0.310. The summed E-state index contributed by atoms with van der Waals surface area (Å²) < 4.78 is 21.6. The van der Waals surface area contributed by atoms with E-state index >= 15 is 0 Å². The van der Waals surface area contributed by atoms with Gasteiger partial charge in [-0.15, -0.1) is 0 Å². The summed E-state index contributed by atoms with van der Waals surface area (Å²) >= 11 is 0. The van der Waals surface area contributed by atoms with E-state index in [4.69, 9.17) is 4.74 Å². The van der Waals surface area contributed by atoms with Gasteiger partial charge in [0.15, 0.2) is 0 Å². The summed E-state index contributed by atoms with van der Waals surface area (Å²) in [7, 11) is 0. The van der Waals surface area contributed by atoms with Crippen LogP contribution >= 0.6 is 0 Å². The van der Waals surface area contributed by atoms with Gasteiger partial charge in [-0.05, 0) is 66.9 Å². The highest BCUT2D eigenvalue weighted by Gasteiger charge is 2.28. The first kappa shape index (κ1) is 24.5. The van der Waals surface area contributed by atoms with Gasteiger partial charge in [0.05, 0.1) is 23.4 Å². The lowest BCUT2D eigenvalue weighted by Crippen LogP contribution is -2.44. The molecule has 0 bridgehead atoms. The number of rotatable bonds is 7. The number of benzene rings is 3. The monoisotopic (exact) mass is 473 g/mol. The number of carbonyl (C=O) groups excluding carboxylic acids is 1. The van der Waals surface area contributed by atoms with Crippen LogP contribution in [0.5, 0.6) is 5.75 Å². The van der Waals surface area contributed by atoms with Crippen LogP contribution in [0, 0.1) is 11.2 Å². The Kier molecular flexibility index (Phi) is 6.92. The van der Waals surface area contributed by atoms with Gasteiger partial charge in [-0.1, -0.05) is 52.0 Å². The number of fused-ring (bicyclic) bond motifs is 1. The number of aromatic nitrogens is 2. The lowest BCUT2D eigenvalue weighted by Gasteiger charge is -2.29. The average molecular weight is 474 g/mol. The predicted molar refractivity (Wildman–Crippen MR) is 137 cm³/mol. The molecule has 1 heterocycles. The smallest absolute Gasteiger partial charge is 0.225 e. The van der Waals surface area contributed by atoms with E-state index in [0.29, 0.717) is 5.75 Å². The lowest BCUT2D eigenvalue weighted by molar-refractivity contribution is -0.129. The molecule has 0 spiro atoms. The molecule has 1 amide bonds. The molecular formula is C29H32FN3O2. The van der Waals surface area contributed by atoms with Crippen molar-refractivity contribution in [2.75, 3.05) is 0 Å². The molecule has 182 valence electrons. The highest BCUT2D eigenvalue weighted by molar-refractivity contribution is 5.82. The summed E-state index contributed by atoms with van der Waals surface area (Å²) in [5, 5.41) is 8.50. The third-order valence-corrected chi connectivity index (χ3v) is 6.08. The maximum atomic E-state index is 13.3. The Morgan fingerprint density at radius 2 is 1.74 bits per heavy atom. The van der Waals surface area contributed by atoms with Crippen molar-refractivity contribution in [1.29, 1.82) is 0 Å². The molecule has 0 fully saturated rings. The summed E-state index contributed by atoms with van der Waals surface area (Å²) in [5.74, 6) is 0.365. The van der Waals surface area contributed by atoms with E-state index in [9.17, 15) is 9.18 Å². The van der Waals surface area contributed by atoms with Gasteiger partial charge in [0, 0.05) is 10.8 Å². The summed E-state index contributed by atoms with van der Waals surface area (Å²) in [6, 6.07) is 20.1. The molecule has 35 heavy (non-hydrogen) atoms. The number of hydrogen-bond donors (Lipinski definition) is 1. The minimum absolute atomic E-state index is 0.0280. The fourth-order valence-corrected chi connectivity index (χ4v) is 3.92. The van der Waals surface area contributed by atoms with Gasteiger partial charge in [0.25, 0.3) is 0 Å². The molecule has 6 heteroatoms. The van der Waals surface area contributed by atoms with Crippen LogP contribution in [0.25, 0.3) is 16.6 Å². The van der Waals surface area contributed by atoms with E-state index in [0.717, 1.165) is 28.6 Å². The molecule has 2 atom stereocenters. The summed E-state index contributed by atoms with van der Waals surface area (Å²) in [6.45, 7) is 9.78. The van der Waals surface area contributed by atoms with E-state index in [2.05, 4.69) is 41.6 Å². The number of hydrogen-bond acceptors (Lipinski definition) is 3. The predicted octanol–water partition coefficient (Wildman–Crippen LogP) is 6.40. The summed E-state index contributed by atoms with van der Waals surface area (Å²) in [5.41, 5.74) is 3.41. The van der Waals surface area contributed by atoms with E-state index in [1.54, 1.807) is 23.0 Å². The Balaban J connectivity index is 1.64. The lowest BCUT2D eigenvalue weighted by atomic mass is 9.94. The Morgan fingerprint density at radius 1 is 1.06 bits per heavy atom. The van der Waals surface area contributed by atoms with Crippen LogP contribution in [-0.4, -0.2) is 21.7 Å². The van der Waals surface area contributed by atoms with Gasteiger partial charge in [-0.3, -0.25) is 4.79 Å². The van der Waals surface area contributed by atoms with Crippen molar-refractivity contribution in [3.8, 4) is 11.4 Å². The van der Waals surface area contributed by atoms with Crippen LogP contribution < -0.4 is 10.1 Å². The molecule has 4 rings (SSSR count). The molecule has 0 unspecified atom stereocenters. The maximum Gasteiger partial charge on any atom is 0.225 e. The SMILES string of the molecule is CCc1ccc([C@H](Oc2ccc3c(cnn3-c3ccc(F)cc3)c2)[C@H](C)NC(=O)C(C)(C)C)cc1. The normalized spacial score (nSPS) is 13.4. The van der Waals surface area contributed by atoms with Crippen LogP contribution in [-0.2, 0) is 11.2 Å². The third kappa shape index (κ3) is 5.53. The molecule has 0 aliphatic rings. The molecule has 0 aliphatic heterocycles. The number of amides is 1. The van der Waals surface area contributed by atoms with Crippen LogP contribution in [0.1, 0.15) is 51.8 Å². The van der Waals surface area contributed by atoms with Crippen LogP contribution in [0.15, 0.2) is 72.9 Å². The second-order valence-electron chi connectivity index (χ2n) is 9.90. The average Bonchev–Trinajstić information content (AvgIpc) is 3.25. The molecule has 4 aromatic rings. The van der Waals surface area contributed by atoms with Crippen molar-refractivity contribution in [1.82, 2.24) is 15.1 Å². The number of aryl methyl sites for hydroxylation is 1. The minimum atomic E-state index is -0.501. The van der Waals surface area contributed by atoms with E-state index in [-0.39, 0.29) is 23.9 Å². The van der Waals surface area contributed by atoms with Crippen molar-refractivity contribution in [3.05, 3.63) is 89.9 Å². The minimum Gasteiger partial charge on any atom is -0.484 e. The van der Waals surface area contributed by atoms with Crippen molar-refractivity contribution in [2.45, 2.75) is 53.2 Å². The number of carbonyl (C=O) groups is 1. The van der Waals surface area contributed by atoms with Crippen molar-refractivity contribution in [2.24, 2.45) is 5.41 Å². The second kappa shape index (κ2) is 9.90. The Hall–Kier alpha value is -3.67. The molecule has 0 saturated heterocycles. The molecule has 1 aromatic heterocycles. The molecule has 5 nitrogen and oxygen atoms in total. The molecule has 0 aliphatic carbocycles. The standard InChI is InChI=1S/C29H32FN3O2/c1-6-20-7-9-21(10-8-20)27(19(2)32-28(34)29(3,4)5)35-25-15-16-26-22(17-25)18-31-33(26)24-13-11-23(30)12-14-24/h7-19,27H,6H2,1-5H3,(H,32,34)/t19-,27+/m0/s1. The van der Waals surface area contributed by atoms with Gasteiger partial charge in [-0.25, -0.2) is 9.07 Å². The Morgan fingerprint density at radius 3 is 2.37 bits per heavy atom. The number of halogens is 1. The van der Waals surface area contributed by atoms with Gasteiger partial charge >= 0.3 is 0 Å². The third-order valence-electron chi connectivity index (χ3n) is 6.08. The number of nitrogens with one attached hydrogen (secondary N) is 1. The quantitative estimate of drug-likeness (QED) is 0.338. The molecule has 3 aromatic carbocycles. The largest absolute Gasteiger partial charge is 0.484 e. The first-order valence-corrected chi connectivity index (χ1v) is 12.0. The summed E-state index contributed by atoms with van der Waals surface area (Å²) in [6.07, 6.45) is 2.34. The fourth-order valence-electron chi connectivity index (χ4n) is 3.92. The van der Waals surface area contributed by atoms with E-state index < -0.39 is 5.41 Å². The zero-order chi connectivity index (χ0) is 25.2. The summed E-state index contributed by atoms with van der Waals surface area (Å²) in [4.78, 5) is 12.7. The Bertz CT molecular complexity index is 1300.